The van der Waals surface area contributed by atoms with Crippen molar-refractivity contribution < 1.29 is 42.4 Å². The Morgan fingerprint density at radius 2 is 1.29 bits per heavy atom. The van der Waals surface area contributed by atoms with E-state index < -0.39 is 35.8 Å². The zero-order chi connectivity index (χ0) is 30.1. The Balaban J connectivity index is 1.48. The molecule has 2 atom stereocenters. The zero-order valence-corrected chi connectivity index (χ0v) is 22.3. The molecule has 0 aliphatic carbocycles. The second kappa shape index (κ2) is 13.7. The Morgan fingerprint density at radius 3 is 1.81 bits per heavy atom. The summed E-state index contributed by atoms with van der Waals surface area (Å²) in [5, 5.41) is 22.4. The number of aliphatic hydroxyl groups excluding tert-OH is 1. The van der Waals surface area contributed by atoms with Gasteiger partial charge >= 0.3 is 12.1 Å². The summed E-state index contributed by atoms with van der Waals surface area (Å²) in [5.74, 6) is -1.62. The molecule has 0 saturated carbocycles. The highest BCUT2D eigenvalue weighted by atomic mass is 19.4. The van der Waals surface area contributed by atoms with Gasteiger partial charge in [0, 0.05) is 6.42 Å². The summed E-state index contributed by atoms with van der Waals surface area (Å²) in [4.78, 5) is 24.6. The van der Waals surface area contributed by atoms with Gasteiger partial charge in [-0.25, -0.2) is 4.79 Å². The van der Waals surface area contributed by atoms with Gasteiger partial charge in [-0.3, -0.25) is 4.79 Å². The van der Waals surface area contributed by atoms with Crippen molar-refractivity contribution in [1.82, 2.24) is 5.32 Å². The number of carboxylic acids is 1. The van der Waals surface area contributed by atoms with Gasteiger partial charge in [-0.1, -0.05) is 78.9 Å². The largest absolute Gasteiger partial charge is 0.485 e. The van der Waals surface area contributed by atoms with Crippen LogP contribution in [0.4, 0.5) is 13.2 Å². The number of nitrogens with one attached hydrogen (secondary N) is 1. The maximum absolute atomic E-state index is 12.8. The van der Waals surface area contributed by atoms with Crippen LogP contribution in [0.1, 0.15) is 33.9 Å². The molecule has 0 aromatic heterocycles. The van der Waals surface area contributed by atoms with Crippen LogP contribution in [0.2, 0.25) is 0 Å². The van der Waals surface area contributed by atoms with Crippen LogP contribution in [-0.4, -0.2) is 28.1 Å². The second-order valence-corrected chi connectivity index (χ2v) is 9.46. The third-order valence-electron chi connectivity index (χ3n) is 6.34. The summed E-state index contributed by atoms with van der Waals surface area (Å²) >= 11 is 0. The number of benzene rings is 4. The quantitative estimate of drug-likeness (QED) is 0.199. The number of carbonyl (C=O) groups is 2. The highest BCUT2D eigenvalue weighted by molar-refractivity contribution is 5.87. The van der Waals surface area contributed by atoms with Gasteiger partial charge in [-0.15, -0.1) is 0 Å². The minimum atomic E-state index is -4.58. The molecule has 0 spiro atoms. The maximum Gasteiger partial charge on any atom is 0.416 e. The molecule has 10 heteroatoms. The lowest BCUT2D eigenvalue weighted by molar-refractivity contribution is -0.143. The number of carbonyl (C=O) groups excluding carboxylic acids is 1. The molecule has 42 heavy (non-hydrogen) atoms. The molecule has 0 unspecified atom stereocenters. The van der Waals surface area contributed by atoms with Gasteiger partial charge in [0.15, 0.2) is 17.6 Å². The molecule has 0 heterocycles. The molecular weight excluding hydrogens is 551 g/mol. The van der Waals surface area contributed by atoms with Gasteiger partial charge in [0.2, 0.25) is 0 Å². The van der Waals surface area contributed by atoms with Crippen molar-refractivity contribution in [3.63, 3.8) is 0 Å². The number of ether oxygens (including phenoxy) is 2. The molecule has 0 bridgehead atoms. The highest BCUT2D eigenvalue weighted by Gasteiger charge is 2.31. The van der Waals surface area contributed by atoms with Crippen molar-refractivity contribution in [2.45, 2.75) is 38.0 Å². The number of aliphatic hydroxyl groups is 1. The van der Waals surface area contributed by atoms with Crippen molar-refractivity contribution in [1.29, 1.82) is 0 Å². The topological polar surface area (TPSA) is 105 Å². The molecule has 1 amide bonds. The second-order valence-electron chi connectivity index (χ2n) is 9.46. The van der Waals surface area contributed by atoms with E-state index in [2.05, 4.69) is 5.32 Å². The van der Waals surface area contributed by atoms with Crippen molar-refractivity contribution in [3.8, 4) is 11.5 Å². The third kappa shape index (κ3) is 8.34. The van der Waals surface area contributed by atoms with Crippen LogP contribution in [0.3, 0.4) is 0 Å². The van der Waals surface area contributed by atoms with Crippen LogP contribution in [0, 0.1) is 0 Å². The van der Waals surface area contributed by atoms with Gasteiger partial charge in [0.05, 0.1) is 5.56 Å². The van der Waals surface area contributed by atoms with Crippen LogP contribution in [-0.2, 0) is 35.4 Å². The predicted octanol–water partition coefficient (Wildman–Crippen LogP) is 5.71. The third-order valence-corrected chi connectivity index (χ3v) is 6.34. The van der Waals surface area contributed by atoms with E-state index in [1.54, 1.807) is 18.2 Å². The summed E-state index contributed by atoms with van der Waals surface area (Å²) in [6.45, 7) is 0.502. The molecule has 4 rings (SSSR count). The lowest BCUT2D eigenvalue weighted by atomic mass is 10.0. The molecule has 0 radical (unpaired) electrons. The molecule has 7 nitrogen and oxygen atoms in total. The fraction of sp³-hybridized carbons (Fsp3) is 0.188. The molecule has 0 aliphatic heterocycles. The molecule has 0 aliphatic rings. The summed E-state index contributed by atoms with van der Waals surface area (Å²) in [6, 6.07) is 25.8. The molecular formula is C32H28F3NO6. The minimum Gasteiger partial charge on any atom is -0.485 e. The Hall–Kier alpha value is -4.83. The minimum absolute atomic E-state index is 0.110. The zero-order valence-electron chi connectivity index (χ0n) is 22.3. The Kier molecular flexibility index (Phi) is 9.82. The van der Waals surface area contributed by atoms with E-state index in [4.69, 9.17) is 9.47 Å². The lowest BCUT2D eigenvalue weighted by Crippen LogP contribution is -2.44. The van der Waals surface area contributed by atoms with E-state index in [-0.39, 0.29) is 25.2 Å². The van der Waals surface area contributed by atoms with E-state index in [0.717, 1.165) is 35.4 Å². The summed E-state index contributed by atoms with van der Waals surface area (Å²) in [7, 11) is 0. The Morgan fingerprint density at radius 1 is 0.738 bits per heavy atom. The van der Waals surface area contributed by atoms with Crippen LogP contribution < -0.4 is 14.8 Å². The summed E-state index contributed by atoms with van der Waals surface area (Å²) in [5.41, 5.74) is 1.30. The normalized spacial score (nSPS) is 12.7. The number of carboxylic acid groups (broad SMARTS) is 1. The summed E-state index contributed by atoms with van der Waals surface area (Å²) < 4.78 is 50.5. The Labute approximate surface area is 240 Å². The number of hydrogen-bond acceptors (Lipinski definition) is 5. The van der Waals surface area contributed by atoms with Crippen molar-refractivity contribution in [2.75, 3.05) is 0 Å². The van der Waals surface area contributed by atoms with Gasteiger partial charge in [-0.2, -0.15) is 13.2 Å². The molecule has 0 saturated heterocycles. The lowest BCUT2D eigenvalue weighted by Gasteiger charge is -2.19. The first-order valence-electron chi connectivity index (χ1n) is 12.9. The van der Waals surface area contributed by atoms with E-state index in [1.807, 2.05) is 60.7 Å². The maximum atomic E-state index is 12.8. The van der Waals surface area contributed by atoms with Gasteiger partial charge in [0.1, 0.15) is 19.3 Å². The van der Waals surface area contributed by atoms with Crippen LogP contribution in [0.25, 0.3) is 0 Å². The average molecular weight is 580 g/mol. The molecule has 3 N–H and O–H groups in total. The standard InChI is InChI=1S/C32H28F3NO6/c33-32(34,35)25-14-12-24(13-15-25)29(37)30(38)36-26(31(39)40)17-23-11-16-27(41-19-21-7-3-1-4-8-21)28(18-23)42-20-22-9-5-2-6-10-22/h1-16,18,26,29,37H,17,19-20H2,(H,36,38)(H,39,40)/t26-,29+/m0/s1. The highest BCUT2D eigenvalue weighted by Crippen LogP contribution is 2.32. The van der Waals surface area contributed by atoms with E-state index in [1.165, 1.54) is 0 Å². The van der Waals surface area contributed by atoms with E-state index >= 15 is 0 Å². The van der Waals surface area contributed by atoms with Crippen molar-refractivity contribution in [2.24, 2.45) is 0 Å². The van der Waals surface area contributed by atoms with Gasteiger partial charge in [-0.05, 0) is 46.5 Å². The Bertz CT molecular complexity index is 1480. The number of alkyl halides is 3. The molecule has 218 valence electrons. The number of rotatable bonds is 12. The fourth-order valence-electron chi connectivity index (χ4n) is 4.07. The number of aliphatic carboxylic acids is 1. The number of halogens is 3. The van der Waals surface area contributed by atoms with Crippen LogP contribution in [0.15, 0.2) is 103 Å². The average Bonchev–Trinajstić information content (AvgIpc) is 2.99. The van der Waals surface area contributed by atoms with E-state index in [0.29, 0.717) is 17.1 Å². The number of hydrogen-bond donors (Lipinski definition) is 3. The first kappa shape index (κ1) is 30.1. The smallest absolute Gasteiger partial charge is 0.416 e. The fourth-order valence-corrected chi connectivity index (χ4v) is 4.07. The predicted molar refractivity (Wildman–Crippen MR) is 148 cm³/mol. The van der Waals surface area contributed by atoms with Gasteiger partial charge < -0.3 is 25.0 Å². The van der Waals surface area contributed by atoms with E-state index in [9.17, 15) is 33.0 Å². The molecule has 0 fully saturated rings. The first-order valence-corrected chi connectivity index (χ1v) is 12.9. The van der Waals surface area contributed by atoms with Crippen LogP contribution in [0.5, 0.6) is 11.5 Å². The van der Waals surface area contributed by atoms with Crippen molar-refractivity contribution >= 4 is 11.9 Å². The molecule has 4 aromatic rings. The van der Waals surface area contributed by atoms with Crippen LogP contribution >= 0.6 is 0 Å². The first-order chi connectivity index (χ1) is 20.1. The molecule has 4 aromatic carbocycles. The van der Waals surface area contributed by atoms with Gasteiger partial charge in [0.25, 0.3) is 5.91 Å². The van der Waals surface area contributed by atoms with Crippen molar-refractivity contribution in [3.05, 3.63) is 131 Å². The monoisotopic (exact) mass is 579 g/mol. The number of amides is 1. The summed E-state index contributed by atoms with van der Waals surface area (Å²) in [6.07, 6.45) is -6.61. The SMILES string of the molecule is O=C(O)[C@H](Cc1ccc(OCc2ccccc2)c(OCc2ccccc2)c1)NC(=O)[C@H](O)c1ccc(C(F)(F)F)cc1.